The van der Waals surface area contributed by atoms with Crippen molar-refractivity contribution in [2.75, 3.05) is 6.61 Å². The van der Waals surface area contributed by atoms with E-state index in [-0.39, 0.29) is 18.4 Å². The van der Waals surface area contributed by atoms with Gasteiger partial charge in [-0.3, -0.25) is 9.59 Å². The third-order valence-corrected chi connectivity index (χ3v) is 2.42. The van der Waals surface area contributed by atoms with Gasteiger partial charge in [0.2, 0.25) is 0 Å². The first-order valence-corrected chi connectivity index (χ1v) is 5.13. The van der Waals surface area contributed by atoms with Crippen LogP contribution in [0.2, 0.25) is 0 Å². The first-order valence-electron chi connectivity index (χ1n) is 4.75. The minimum absolute atomic E-state index is 0.00183. The topological polar surface area (TPSA) is 43.4 Å². The van der Waals surface area contributed by atoms with Crippen LogP contribution in [0, 0.1) is 0 Å². The number of hydrogen-bond donors (Lipinski definition) is 0. The second-order valence-corrected chi connectivity index (χ2v) is 4.26. The lowest BCUT2D eigenvalue weighted by Crippen LogP contribution is -2.31. The number of allylic oxidation sites excluding steroid dienone is 3. The predicted molar refractivity (Wildman–Crippen MR) is 57.7 cm³/mol. The summed E-state index contributed by atoms with van der Waals surface area (Å²) in [5, 5.41) is 0. The number of halogens is 1. The highest BCUT2D eigenvalue weighted by Crippen LogP contribution is 2.25. The van der Waals surface area contributed by atoms with Crippen LogP contribution in [0.1, 0.15) is 20.3 Å². The number of carbonyl (C=O) groups is 2. The highest BCUT2D eigenvalue weighted by atomic mass is 35.5. The number of ether oxygens (including phenoxy) is 1. The third kappa shape index (κ3) is 2.93. The van der Waals surface area contributed by atoms with Crippen LogP contribution in [0.15, 0.2) is 23.8 Å². The molecular weight excluding hydrogens is 216 g/mol. The van der Waals surface area contributed by atoms with Gasteiger partial charge in [0.1, 0.15) is 11.5 Å². The fourth-order valence-corrected chi connectivity index (χ4v) is 1.38. The highest BCUT2D eigenvalue weighted by molar-refractivity contribution is 6.39. The Hall–Kier alpha value is -1.09. The van der Waals surface area contributed by atoms with Crippen molar-refractivity contribution in [3.8, 4) is 0 Å². The Morgan fingerprint density at radius 1 is 1.60 bits per heavy atom. The van der Waals surface area contributed by atoms with Crippen LogP contribution < -0.4 is 0 Å². The maximum Gasteiger partial charge on any atom is 0.305 e. The van der Waals surface area contributed by atoms with Crippen molar-refractivity contribution in [1.29, 1.82) is 0 Å². The van der Waals surface area contributed by atoms with Crippen molar-refractivity contribution in [2.45, 2.75) is 25.1 Å². The summed E-state index contributed by atoms with van der Waals surface area (Å²) in [6, 6.07) is 0. The zero-order valence-electron chi connectivity index (χ0n) is 8.75. The average Bonchev–Trinajstić information content (AvgIpc) is 2.19. The Morgan fingerprint density at radius 3 is 2.87 bits per heavy atom. The van der Waals surface area contributed by atoms with Gasteiger partial charge in [0.15, 0.2) is 5.78 Å². The molecule has 1 unspecified atom stereocenters. The molecule has 0 spiro atoms. The third-order valence-electron chi connectivity index (χ3n) is 2.12. The van der Waals surface area contributed by atoms with E-state index in [1.807, 2.05) is 0 Å². The molecule has 0 N–H and O–H groups in total. The monoisotopic (exact) mass is 228 g/mol. The highest BCUT2D eigenvalue weighted by Gasteiger charge is 2.32. The van der Waals surface area contributed by atoms with Gasteiger partial charge in [0.05, 0.1) is 0 Å². The standard InChI is InChI=1S/C11H13ClO3/c1-3-9(13)15-7-8-5-4-6-11(2,12)10(8)14/h4-6H,3,7H2,1-2H3. The van der Waals surface area contributed by atoms with Crippen LogP contribution in [0.5, 0.6) is 0 Å². The SMILES string of the molecule is CCC(=O)OCC1=CC=CC(C)(Cl)C1=O. The minimum atomic E-state index is -1.01. The second kappa shape index (κ2) is 4.62. The number of ketones is 1. The molecule has 1 aliphatic carbocycles. The maximum atomic E-state index is 11.7. The van der Waals surface area contributed by atoms with E-state index in [9.17, 15) is 9.59 Å². The molecule has 1 aliphatic rings. The molecule has 1 atom stereocenters. The van der Waals surface area contributed by atoms with Crippen molar-refractivity contribution in [2.24, 2.45) is 0 Å². The smallest absolute Gasteiger partial charge is 0.305 e. The van der Waals surface area contributed by atoms with Gasteiger partial charge in [-0.05, 0) is 6.92 Å². The van der Waals surface area contributed by atoms with Crippen molar-refractivity contribution < 1.29 is 14.3 Å². The van der Waals surface area contributed by atoms with Gasteiger partial charge in [0.25, 0.3) is 0 Å². The zero-order chi connectivity index (χ0) is 11.5. The van der Waals surface area contributed by atoms with Gasteiger partial charge in [-0.1, -0.05) is 25.2 Å². The lowest BCUT2D eigenvalue weighted by molar-refractivity contribution is -0.142. The maximum absolute atomic E-state index is 11.7. The van der Waals surface area contributed by atoms with E-state index >= 15 is 0 Å². The molecule has 82 valence electrons. The molecule has 15 heavy (non-hydrogen) atoms. The summed E-state index contributed by atoms with van der Waals surface area (Å²) in [5.41, 5.74) is 0.428. The van der Waals surface area contributed by atoms with E-state index in [0.29, 0.717) is 12.0 Å². The molecule has 0 amide bonds. The largest absolute Gasteiger partial charge is 0.461 e. The summed E-state index contributed by atoms with van der Waals surface area (Å²) in [7, 11) is 0. The van der Waals surface area contributed by atoms with E-state index < -0.39 is 4.87 Å². The summed E-state index contributed by atoms with van der Waals surface area (Å²) >= 11 is 5.95. The molecule has 0 saturated heterocycles. The van der Waals surface area contributed by atoms with Gasteiger partial charge in [-0.2, -0.15) is 0 Å². The fourth-order valence-electron chi connectivity index (χ4n) is 1.18. The van der Waals surface area contributed by atoms with E-state index in [2.05, 4.69) is 0 Å². The first kappa shape index (κ1) is 12.0. The van der Waals surface area contributed by atoms with Gasteiger partial charge < -0.3 is 4.74 Å². The lowest BCUT2D eigenvalue weighted by atomic mass is 9.94. The fraction of sp³-hybridized carbons (Fsp3) is 0.455. The molecular formula is C11H13ClO3. The number of esters is 1. The Kier molecular flexibility index (Phi) is 3.69. The Balaban J connectivity index is 2.64. The quantitative estimate of drug-likeness (QED) is 0.548. The van der Waals surface area contributed by atoms with E-state index in [0.717, 1.165) is 0 Å². The molecule has 0 aromatic heterocycles. The Bertz CT molecular complexity index is 340. The molecule has 0 aromatic carbocycles. The summed E-state index contributed by atoms with van der Waals surface area (Å²) in [4.78, 5) is 21.6. The normalized spacial score (nSPS) is 25.0. The Labute approximate surface area is 93.7 Å². The van der Waals surface area contributed by atoms with Crippen molar-refractivity contribution in [3.05, 3.63) is 23.8 Å². The number of rotatable bonds is 3. The second-order valence-electron chi connectivity index (χ2n) is 3.47. The minimum Gasteiger partial charge on any atom is -0.461 e. The number of carbonyl (C=O) groups excluding carboxylic acids is 2. The van der Waals surface area contributed by atoms with Crippen LogP contribution in [0.4, 0.5) is 0 Å². The van der Waals surface area contributed by atoms with E-state index in [1.165, 1.54) is 0 Å². The van der Waals surface area contributed by atoms with Crippen molar-refractivity contribution in [3.63, 3.8) is 0 Å². The van der Waals surface area contributed by atoms with E-state index in [4.69, 9.17) is 16.3 Å². The number of hydrogen-bond acceptors (Lipinski definition) is 3. The molecule has 0 saturated carbocycles. The molecule has 0 radical (unpaired) electrons. The summed E-state index contributed by atoms with van der Waals surface area (Å²) < 4.78 is 4.87. The van der Waals surface area contributed by atoms with Gasteiger partial charge in [0, 0.05) is 12.0 Å². The molecule has 3 nitrogen and oxygen atoms in total. The molecule has 0 aliphatic heterocycles. The Morgan fingerprint density at radius 2 is 2.27 bits per heavy atom. The van der Waals surface area contributed by atoms with Gasteiger partial charge in [-0.25, -0.2) is 0 Å². The van der Waals surface area contributed by atoms with Crippen LogP contribution in [0.25, 0.3) is 0 Å². The van der Waals surface area contributed by atoms with E-state index in [1.54, 1.807) is 32.1 Å². The van der Waals surface area contributed by atoms with Crippen LogP contribution in [-0.2, 0) is 14.3 Å². The van der Waals surface area contributed by atoms with Crippen molar-refractivity contribution >= 4 is 23.4 Å². The molecule has 0 bridgehead atoms. The van der Waals surface area contributed by atoms with Crippen LogP contribution >= 0.6 is 11.6 Å². The number of alkyl halides is 1. The first-order chi connectivity index (χ1) is 6.97. The molecule has 0 fully saturated rings. The van der Waals surface area contributed by atoms with Crippen LogP contribution in [-0.4, -0.2) is 23.2 Å². The molecule has 0 heterocycles. The summed E-state index contributed by atoms with van der Waals surface area (Å²) in [6.07, 6.45) is 5.23. The molecule has 4 heteroatoms. The van der Waals surface area contributed by atoms with Gasteiger partial charge >= 0.3 is 5.97 Å². The van der Waals surface area contributed by atoms with Gasteiger partial charge in [-0.15, -0.1) is 11.6 Å². The lowest BCUT2D eigenvalue weighted by Gasteiger charge is -2.20. The number of Topliss-reactive ketones (excluding diaryl/α,β-unsaturated/α-hetero) is 1. The average molecular weight is 229 g/mol. The summed E-state index contributed by atoms with van der Waals surface area (Å²) in [5.74, 6) is -0.537. The van der Waals surface area contributed by atoms with Crippen molar-refractivity contribution in [1.82, 2.24) is 0 Å². The zero-order valence-corrected chi connectivity index (χ0v) is 9.50. The molecule has 0 aromatic rings. The molecule has 1 rings (SSSR count). The predicted octanol–water partition coefficient (Wildman–Crippen LogP) is 2.00. The summed E-state index contributed by atoms with van der Waals surface area (Å²) in [6.45, 7) is 3.31. The van der Waals surface area contributed by atoms with Crippen LogP contribution in [0.3, 0.4) is 0 Å².